The maximum absolute atomic E-state index is 13.3. The van der Waals surface area contributed by atoms with Crippen LogP contribution in [0.3, 0.4) is 0 Å². The molecule has 0 unspecified atom stereocenters. The highest BCUT2D eigenvalue weighted by Crippen LogP contribution is 2.26. The van der Waals surface area contributed by atoms with Crippen LogP contribution >= 0.6 is 0 Å². The SMILES string of the molecule is O=c1cc(C(F)(F)F)[nH]nc1-c1cccnc1F. The molecule has 0 aliphatic rings. The van der Waals surface area contributed by atoms with Crippen molar-refractivity contribution in [1.29, 1.82) is 0 Å². The van der Waals surface area contributed by atoms with Crippen LogP contribution in [-0.2, 0) is 6.18 Å². The molecule has 2 aromatic rings. The first-order chi connectivity index (χ1) is 8.39. The maximum atomic E-state index is 13.3. The molecule has 1 N–H and O–H groups in total. The fourth-order valence-corrected chi connectivity index (χ4v) is 1.30. The Morgan fingerprint density at radius 1 is 1.28 bits per heavy atom. The number of alkyl halides is 3. The summed E-state index contributed by atoms with van der Waals surface area (Å²) in [6, 6.07) is 2.87. The van der Waals surface area contributed by atoms with E-state index in [9.17, 15) is 22.4 Å². The van der Waals surface area contributed by atoms with E-state index < -0.39 is 28.9 Å². The second-order valence-corrected chi connectivity index (χ2v) is 3.33. The maximum Gasteiger partial charge on any atom is 0.432 e. The van der Waals surface area contributed by atoms with Crippen molar-refractivity contribution < 1.29 is 17.6 Å². The van der Waals surface area contributed by atoms with Gasteiger partial charge in [-0.3, -0.25) is 9.89 Å². The van der Waals surface area contributed by atoms with Gasteiger partial charge >= 0.3 is 6.18 Å². The Balaban J connectivity index is 2.56. The minimum atomic E-state index is -4.71. The van der Waals surface area contributed by atoms with Crippen LogP contribution in [-0.4, -0.2) is 15.2 Å². The summed E-state index contributed by atoms with van der Waals surface area (Å²) in [5.41, 5.74) is -3.03. The molecule has 2 aromatic heterocycles. The third-order valence-electron chi connectivity index (χ3n) is 2.12. The van der Waals surface area contributed by atoms with Crippen molar-refractivity contribution in [2.24, 2.45) is 0 Å². The average Bonchev–Trinajstić information content (AvgIpc) is 2.29. The fraction of sp³-hybridized carbons (Fsp3) is 0.100. The van der Waals surface area contributed by atoms with Crippen LogP contribution in [0.1, 0.15) is 5.69 Å². The number of aromatic nitrogens is 3. The van der Waals surface area contributed by atoms with E-state index in [1.807, 2.05) is 0 Å². The van der Waals surface area contributed by atoms with Crippen LogP contribution < -0.4 is 5.43 Å². The van der Waals surface area contributed by atoms with Gasteiger partial charge < -0.3 is 0 Å². The van der Waals surface area contributed by atoms with Crippen LogP contribution in [0.5, 0.6) is 0 Å². The average molecular weight is 259 g/mol. The summed E-state index contributed by atoms with van der Waals surface area (Å²) in [7, 11) is 0. The molecule has 2 heterocycles. The van der Waals surface area contributed by atoms with Gasteiger partial charge in [-0.2, -0.15) is 22.7 Å². The summed E-state index contributed by atoms with van der Waals surface area (Å²) in [4.78, 5) is 14.7. The quantitative estimate of drug-likeness (QED) is 0.629. The van der Waals surface area contributed by atoms with Gasteiger partial charge in [0.05, 0.1) is 5.56 Å². The molecule has 0 bridgehead atoms. The van der Waals surface area contributed by atoms with E-state index in [0.29, 0.717) is 6.07 Å². The van der Waals surface area contributed by atoms with Crippen LogP contribution in [0.15, 0.2) is 29.2 Å². The van der Waals surface area contributed by atoms with Crippen LogP contribution in [0.25, 0.3) is 11.3 Å². The summed E-state index contributed by atoms with van der Waals surface area (Å²) >= 11 is 0. The third kappa shape index (κ3) is 2.22. The molecule has 18 heavy (non-hydrogen) atoms. The third-order valence-corrected chi connectivity index (χ3v) is 2.12. The van der Waals surface area contributed by atoms with Gasteiger partial charge in [-0.25, -0.2) is 4.98 Å². The second kappa shape index (κ2) is 4.21. The number of aromatic amines is 1. The van der Waals surface area contributed by atoms with Crippen molar-refractivity contribution in [1.82, 2.24) is 15.2 Å². The summed E-state index contributed by atoms with van der Waals surface area (Å²) in [6.07, 6.45) is -3.56. The topological polar surface area (TPSA) is 58.6 Å². The molecule has 0 aromatic carbocycles. The Morgan fingerprint density at radius 3 is 2.56 bits per heavy atom. The Hall–Kier alpha value is -2.25. The summed E-state index contributed by atoms with van der Waals surface area (Å²) in [6.45, 7) is 0. The normalized spacial score (nSPS) is 11.6. The van der Waals surface area contributed by atoms with Gasteiger partial charge in [0.15, 0.2) is 0 Å². The molecule has 0 radical (unpaired) electrons. The zero-order valence-corrected chi connectivity index (χ0v) is 8.62. The molecular formula is C10H5F4N3O. The molecule has 2 rings (SSSR count). The number of nitrogens with one attached hydrogen (secondary N) is 1. The van der Waals surface area contributed by atoms with E-state index in [0.717, 1.165) is 6.20 Å². The number of hydrogen-bond donors (Lipinski definition) is 1. The molecule has 8 heteroatoms. The lowest BCUT2D eigenvalue weighted by atomic mass is 10.2. The number of halogens is 4. The molecule has 0 aliphatic heterocycles. The predicted molar refractivity (Wildman–Crippen MR) is 53.0 cm³/mol. The van der Waals surface area contributed by atoms with Gasteiger partial charge in [-0.15, -0.1) is 0 Å². The van der Waals surface area contributed by atoms with E-state index in [1.54, 1.807) is 5.10 Å². The summed E-state index contributed by atoms with van der Waals surface area (Å²) in [5.74, 6) is -0.977. The highest BCUT2D eigenvalue weighted by atomic mass is 19.4. The van der Waals surface area contributed by atoms with Crippen molar-refractivity contribution in [2.45, 2.75) is 6.18 Å². The first-order valence-electron chi connectivity index (χ1n) is 4.67. The van der Waals surface area contributed by atoms with E-state index in [1.165, 1.54) is 12.1 Å². The summed E-state index contributed by atoms with van der Waals surface area (Å²) < 4.78 is 50.1. The van der Waals surface area contributed by atoms with Crippen molar-refractivity contribution >= 4 is 0 Å². The Labute approximate surface area is 97.3 Å². The number of nitrogens with zero attached hydrogens (tertiary/aromatic N) is 2. The smallest absolute Gasteiger partial charge is 0.287 e. The fourth-order valence-electron chi connectivity index (χ4n) is 1.30. The first kappa shape index (κ1) is 12.2. The lowest BCUT2D eigenvalue weighted by molar-refractivity contribution is -0.141. The lowest BCUT2D eigenvalue weighted by Crippen LogP contribution is -2.17. The van der Waals surface area contributed by atoms with E-state index in [-0.39, 0.29) is 5.56 Å². The largest absolute Gasteiger partial charge is 0.432 e. The van der Waals surface area contributed by atoms with Gasteiger partial charge in [-0.05, 0) is 12.1 Å². The van der Waals surface area contributed by atoms with Gasteiger partial charge in [0, 0.05) is 12.3 Å². The Morgan fingerprint density at radius 2 is 2.00 bits per heavy atom. The van der Waals surface area contributed by atoms with Crippen molar-refractivity contribution in [3.8, 4) is 11.3 Å². The molecule has 0 saturated heterocycles. The predicted octanol–water partition coefficient (Wildman–Crippen LogP) is 1.99. The van der Waals surface area contributed by atoms with Crippen LogP contribution in [0, 0.1) is 5.95 Å². The Bertz CT molecular complexity index is 636. The molecule has 0 atom stereocenters. The van der Waals surface area contributed by atoms with Crippen molar-refractivity contribution in [2.75, 3.05) is 0 Å². The number of H-pyrrole nitrogens is 1. The highest BCUT2D eigenvalue weighted by molar-refractivity contribution is 5.57. The monoisotopic (exact) mass is 259 g/mol. The van der Waals surface area contributed by atoms with Gasteiger partial charge in [0.1, 0.15) is 11.4 Å². The van der Waals surface area contributed by atoms with E-state index in [4.69, 9.17) is 0 Å². The second-order valence-electron chi connectivity index (χ2n) is 3.33. The van der Waals surface area contributed by atoms with Crippen LogP contribution in [0.2, 0.25) is 0 Å². The zero-order chi connectivity index (χ0) is 13.3. The van der Waals surface area contributed by atoms with Crippen LogP contribution in [0.4, 0.5) is 17.6 Å². The van der Waals surface area contributed by atoms with Gasteiger partial charge in [0.25, 0.3) is 0 Å². The molecule has 0 saturated carbocycles. The Kier molecular flexibility index (Phi) is 2.85. The van der Waals surface area contributed by atoms with Crippen molar-refractivity contribution in [3.05, 3.63) is 46.3 Å². The standard InChI is InChI=1S/C10H5F4N3O/c11-9-5(2-1-3-15-9)8-6(18)4-7(16-17-8)10(12,13)14/h1-4H,(H,16,18). The summed E-state index contributed by atoms with van der Waals surface area (Å²) in [5, 5.41) is 4.91. The number of rotatable bonds is 1. The van der Waals surface area contributed by atoms with Crippen molar-refractivity contribution in [3.63, 3.8) is 0 Å². The van der Waals surface area contributed by atoms with E-state index >= 15 is 0 Å². The van der Waals surface area contributed by atoms with Gasteiger partial charge in [0.2, 0.25) is 11.4 Å². The molecular weight excluding hydrogens is 254 g/mol. The minimum Gasteiger partial charge on any atom is -0.287 e. The molecule has 0 amide bonds. The number of pyridine rings is 1. The molecule has 94 valence electrons. The first-order valence-corrected chi connectivity index (χ1v) is 4.67. The molecule has 0 fully saturated rings. The van der Waals surface area contributed by atoms with Gasteiger partial charge in [-0.1, -0.05) is 0 Å². The van der Waals surface area contributed by atoms with E-state index in [2.05, 4.69) is 10.1 Å². The zero-order valence-electron chi connectivity index (χ0n) is 8.62. The molecule has 0 aliphatic carbocycles. The minimum absolute atomic E-state index is 0.257. The molecule has 4 nitrogen and oxygen atoms in total. The lowest BCUT2D eigenvalue weighted by Gasteiger charge is -2.06. The molecule has 0 spiro atoms. The highest BCUT2D eigenvalue weighted by Gasteiger charge is 2.32. The number of hydrogen-bond acceptors (Lipinski definition) is 3.